The number of β-amino-alcohol motifs (C(OH)–C–C–N with tert-alkyl or cyclic N) is 1. The van der Waals surface area contributed by atoms with Crippen LogP contribution in [0.1, 0.15) is 26.7 Å². The summed E-state index contributed by atoms with van der Waals surface area (Å²) in [6, 6.07) is 0. The van der Waals surface area contributed by atoms with Gasteiger partial charge in [0.2, 0.25) is 0 Å². The van der Waals surface area contributed by atoms with Crippen molar-refractivity contribution < 1.29 is 14.6 Å². The van der Waals surface area contributed by atoms with E-state index in [1.54, 1.807) is 7.11 Å². The van der Waals surface area contributed by atoms with Gasteiger partial charge in [0.1, 0.15) is 0 Å². The summed E-state index contributed by atoms with van der Waals surface area (Å²) in [4.78, 5) is 2.26. The van der Waals surface area contributed by atoms with Crippen LogP contribution in [0.4, 0.5) is 0 Å². The van der Waals surface area contributed by atoms with Crippen LogP contribution in [-0.2, 0) is 9.47 Å². The molecule has 1 rings (SSSR count). The van der Waals surface area contributed by atoms with E-state index in [0.29, 0.717) is 19.8 Å². The summed E-state index contributed by atoms with van der Waals surface area (Å²) < 4.78 is 10.7. The molecule has 1 heterocycles. The Kier molecular flexibility index (Phi) is 5.69. The molecule has 1 N–H and O–H groups in total. The van der Waals surface area contributed by atoms with E-state index in [1.165, 1.54) is 0 Å². The first-order valence-corrected chi connectivity index (χ1v) is 6.13. The zero-order valence-corrected chi connectivity index (χ0v) is 10.7. The minimum atomic E-state index is -0.390. The molecule has 0 aromatic rings. The first kappa shape index (κ1) is 13.9. The molecule has 0 aromatic carbocycles. The first-order valence-electron chi connectivity index (χ1n) is 6.13. The van der Waals surface area contributed by atoms with E-state index in [9.17, 15) is 5.11 Å². The van der Waals surface area contributed by atoms with E-state index in [4.69, 9.17) is 9.47 Å². The Morgan fingerprint density at radius 1 is 1.50 bits per heavy atom. The summed E-state index contributed by atoms with van der Waals surface area (Å²) >= 11 is 0. The molecular weight excluding hydrogens is 206 g/mol. The van der Waals surface area contributed by atoms with Crippen molar-refractivity contribution in [3.8, 4) is 0 Å². The monoisotopic (exact) mass is 231 g/mol. The highest BCUT2D eigenvalue weighted by Crippen LogP contribution is 2.23. The fraction of sp³-hybridized carbons (Fsp3) is 1.00. The molecule has 1 aliphatic rings. The molecule has 0 spiro atoms. The maximum absolute atomic E-state index is 9.77. The van der Waals surface area contributed by atoms with E-state index in [0.717, 1.165) is 25.9 Å². The second kappa shape index (κ2) is 6.55. The SMILES string of the molecule is CCOCC(O)CN1CCCC(C)(OC)C1. The van der Waals surface area contributed by atoms with E-state index in [-0.39, 0.29) is 11.7 Å². The number of rotatable bonds is 6. The van der Waals surface area contributed by atoms with Crippen LogP contribution < -0.4 is 0 Å². The number of likely N-dealkylation sites (tertiary alicyclic amines) is 1. The van der Waals surface area contributed by atoms with Gasteiger partial charge in [-0.1, -0.05) is 0 Å². The third-order valence-electron chi connectivity index (χ3n) is 3.21. The lowest BCUT2D eigenvalue weighted by Gasteiger charge is -2.40. The van der Waals surface area contributed by atoms with E-state index in [1.807, 2.05) is 6.92 Å². The van der Waals surface area contributed by atoms with Gasteiger partial charge in [-0.2, -0.15) is 0 Å². The number of methoxy groups -OCH3 is 1. The number of nitrogens with zero attached hydrogens (tertiary/aromatic N) is 1. The molecule has 0 radical (unpaired) electrons. The number of piperidine rings is 1. The Labute approximate surface area is 98.5 Å². The van der Waals surface area contributed by atoms with Gasteiger partial charge in [0.15, 0.2) is 0 Å². The first-order chi connectivity index (χ1) is 7.59. The van der Waals surface area contributed by atoms with Crippen LogP contribution in [0.3, 0.4) is 0 Å². The summed E-state index contributed by atoms with van der Waals surface area (Å²) in [6.07, 6.45) is 1.84. The normalized spacial score (nSPS) is 29.2. The van der Waals surface area contributed by atoms with Crippen molar-refractivity contribution in [3.05, 3.63) is 0 Å². The predicted octanol–water partition coefficient (Wildman–Crippen LogP) is 0.885. The van der Waals surface area contributed by atoms with Crippen LogP contribution in [0.2, 0.25) is 0 Å². The van der Waals surface area contributed by atoms with E-state index in [2.05, 4.69) is 11.8 Å². The van der Waals surface area contributed by atoms with Gasteiger partial charge < -0.3 is 14.6 Å². The standard InChI is InChI=1S/C12H25NO3/c1-4-16-9-11(14)8-13-7-5-6-12(2,10-13)15-3/h11,14H,4-10H2,1-3H3. The molecule has 1 saturated heterocycles. The minimum Gasteiger partial charge on any atom is -0.389 e. The summed E-state index contributed by atoms with van der Waals surface area (Å²) in [5, 5.41) is 9.77. The van der Waals surface area contributed by atoms with Gasteiger partial charge in [-0.3, -0.25) is 4.90 Å². The molecule has 0 amide bonds. The summed E-state index contributed by atoms with van der Waals surface area (Å²) in [5.74, 6) is 0. The number of hydrogen-bond acceptors (Lipinski definition) is 4. The van der Waals surface area contributed by atoms with Gasteiger partial charge in [0.05, 0.1) is 18.3 Å². The lowest BCUT2D eigenvalue weighted by molar-refractivity contribution is -0.0643. The fourth-order valence-corrected chi connectivity index (χ4v) is 2.23. The molecule has 0 saturated carbocycles. The average Bonchev–Trinajstić information content (AvgIpc) is 2.26. The Bertz CT molecular complexity index is 201. The van der Waals surface area contributed by atoms with Crippen molar-refractivity contribution in [2.24, 2.45) is 0 Å². The maximum atomic E-state index is 9.77. The molecule has 0 bridgehead atoms. The van der Waals surface area contributed by atoms with Crippen molar-refractivity contribution >= 4 is 0 Å². The third kappa shape index (κ3) is 4.37. The van der Waals surface area contributed by atoms with Crippen molar-refractivity contribution in [2.45, 2.75) is 38.4 Å². The van der Waals surface area contributed by atoms with Crippen LogP contribution in [0.25, 0.3) is 0 Å². The van der Waals surface area contributed by atoms with Gasteiger partial charge in [0, 0.05) is 26.8 Å². The minimum absolute atomic E-state index is 0.0520. The number of aliphatic hydroxyl groups excluding tert-OH is 1. The molecule has 4 heteroatoms. The molecule has 4 nitrogen and oxygen atoms in total. The van der Waals surface area contributed by atoms with Crippen LogP contribution in [-0.4, -0.2) is 61.7 Å². The summed E-state index contributed by atoms with van der Waals surface area (Å²) in [7, 11) is 1.76. The second-order valence-corrected chi connectivity index (χ2v) is 4.81. The molecule has 1 aliphatic heterocycles. The van der Waals surface area contributed by atoms with Gasteiger partial charge in [-0.05, 0) is 33.2 Å². The van der Waals surface area contributed by atoms with Crippen molar-refractivity contribution in [1.29, 1.82) is 0 Å². The molecule has 0 aromatic heterocycles. The highest BCUT2D eigenvalue weighted by atomic mass is 16.5. The number of aliphatic hydroxyl groups is 1. The molecule has 96 valence electrons. The molecule has 16 heavy (non-hydrogen) atoms. The average molecular weight is 231 g/mol. The zero-order valence-electron chi connectivity index (χ0n) is 10.7. The van der Waals surface area contributed by atoms with Crippen LogP contribution in [0, 0.1) is 0 Å². The van der Waals surface area contributed by atoms with Crippen LogP contribution in [0.5, 0.6) is 0 Å². The quantitative estimate of drug-likeness (QED) is 0.737. The highest BCUT2D eigenvalue weighted by molar-refractivity contribution is 4.85. The Balaban J connectivity index is 2.31. The van der Waals surface area contributed by atoms with Gasteiger partial charge in [0.25, 0.3) is 0 Å². The molecule has 2 unspecified atom stereocenters. The number of ether oxygens (including phenoxy) is 2. The molecular formula is C12H25NO3. The maximum Gasteiger partial charge on any atom is 0.0900 e. The Hall–Kier alpha value is -0.160. The van der Waals surface area contributed by atoms with Crippen LogP contribution in [0.15, 0.2) is 0 Å². The lowest BCUT2D eigenvalue weighted by Crippen LogP contribution is -2.49. The smallest absolute Gasteiger partial charge is 0.0900 e. The number of hydrogen-bond donors (Lipinski definition) is 1. The Morgan fingerprint density at radius 3 is 2.88 bits per heavy atom. The molecule has 1 fully saturated rings. The zero-order chi connectivity index (χ0) is 12.0. The predicted molar refractivity (Wildman–Crippen MR) is 63.6 cm³/mol. The largest absolute Gasteiger partial charge is 0.389 e. The van der Waals surface area contributed by atoms with Gasteiger partial charge >= 0.3 is 0 Å². The van der Waals surface area contributed by atoms with E-state index < -0.39 is 0 Å². The van der Waals surface area contributed by atoms with Gasteiger partial charge in [-0.15, -0.1) is 0 Å². The fourth-order valence-electron chi connectivity index (χ4n) is 2.23. The molecule has 2 atom stereocenters. The lowest BCUT2D eigenvalue weighted by atomic mass is 9.94. The van der Waals surface area contributed by atoms with Gasteiger partial charge in [-0.25, -0.2) is 0 Å². The van der Waals surface area contributed by atoms with Crippen molar-refractivity contribution in [2.75, 3.05) is 40.0 Å². The topological polar surface area (TPSA) is 41.9 Å². The summed E-state index contributed by atoms with van der Waals surface area (Å²) in [6.45, 7) is 7.78. The summed E-state index contributed by atoms with van der Waals surface area (Å²) in [5.41, 5.74) is -0.0520. The van der Waals surface area contributed by atoms with Crippen molar-refractivity contribution in [1.82, 2.24) is 4.90 Å². The Morgan fingerprint density at radius 2 is 2.25 bits per heavy atom. The van der Waals surface area contributed by atoms with E-state index >= 15 is 0 Å². The molecule has 0 aliphatic carbocycles. The van der Waals surface area contributed by atoms with Crippen molar-refractivity contribution in [3.63, 3.8) is 0 Å². The second-order valence-electron chi connectivity index (χ2n) is 4.81. The van der Waals surface area contributed by atoms with Crippen LogP contribution >= 0.6 is 0 Å². The third-order valence-corrected chi connectivity index (χ3v) is 3.21. The highest BCUT2D eigenvalue weighted by Gasteiger charge is 2.31.